The van der Waals surface area contributed by atoms with Gasteiger partial charge in [0.1, 0.15) is 12.2 Å². The molecule has 1 amide bonds. The quantitative estimate of drug-likeness (QED) is 0.750. The molecular weight excluding hydrogens is 250 g/mol. The fourth-order valence-corrected chi connectivity index (χ4v) is 2.87. The van der Waals surface area contributed by atoms with Crippen LogP contribution in [0.5, 0.6) is 0 Å². The molecule has 6 nitrogen and oxygen atoms in total. The molecule has 1 aliphatic carbocycles. The minimum Gasteiger partial charge on any atom is -0.460 e. The van der Waals surface area contributed by atoms with E-state index >= 15 is 0 Å². The lowest BCUT2D eigenvalue weighted by Crippen LogP contribution is -2.57. The van der Waals surface area contributed by atoms with Crippen LogP contribution in [0.4, 0.5) is 0 Å². The Morgan fingerprint density at radius 3 is 2.47 bits per heavy atom. The average molecular weight is 271 g/mol. The SMILES string of the molecule is CC(=O)N[C@@H]1[C@@H]2OC(C)(C)O[C@@H]2CC[C@H]1OC(C)=O. The molecule has 2 fully saturated rings. The molecule has 1 N–H and O–H groups in total. The fraction of sp³-hybridized carbons (Fsp3) is 0.846. The summed E-state index contributed by atoms with van der Waals surface area (Å²) in [5.74, 6) is -1.19. The zero-order valence-corrected chi connectivity index (χ0v) is 11.8. The van der Waals surface area contributed by atoms with Gasteiger partial charge in [-0.3, -0.25) is 9.59 Å². The van der Waals surface area contributed by atoms with E-state index in [9.17, 15) is 9.59 Å². The van der Waals surface area contributed by atoms with Gasteiger partial charge in [0, 0.05) is 13.8 Å². The maximum absolute atomic E-state index is 11.3. The van der Waals surface area contributed by atoms with E-state index in [1.807, 2.05) is 13.8 Å². The van der Waals surface area contributed by atoms with Crippen LogP contribution >= 0.6 is 0 Å². The normalized spacial score (nSPS) is 36.4. The van der Waals surface area contributed by atoms with Crippen molar-refractivity contribution in [1.82, 2.24) is 5.32 Å². The molecule has 0 bridgehead atoms. The molecule has 0 spiro atoms. The molecule has 1 heterocycles. The molecule has 0 aromatic rings. The van der Waals surface area contributed by atoms with Gasteiger partial charge in [0.2, 0.25) is 5.91 Å². The number of nitrogens with one attached hydrogen (secondary N) is 1. The van der Waals surface area contributed by atoms with Crippen LogP contribution in [0.2, 0.25) is 0 Å². The highest BCUT2D eigenvalue weighted by atomic mass is 16.8. The van der Waals surface area contributed by atoms with Gasteiger partial charge in [0.05, 0.1) is 12.1 Å². The summed E-state index contributed by atoms with van der Waals surface area (Å²) in [6.07, 6.45) is 0.698. The lowest BCUT2D eigenvalue weighted by Gasteiger charge is -2.37. The second-order valence-corrected chi connectivity index (χ2v) is 5.59. The molecule has 6 heteroatoms. The number of ether oxygens (including phenoxy) is 3. The molecule has 1 saturated carbocycles. The van der Waals surface area contributed by atoms with Gasteiger partial charge in [-0.2, -0.15) is 0 Å². The van der Waals surface area contributed by atoms with Crippen molar-refractivity contribution >= 4 is 11.9 Å². The second-order valence-electron chi connectivity index (χ2n) is 5.59. The van der Waals surface area contributed by atoms with E-state index in [0.29, 0.717) is 6.42 Å². The average Bonchev–Trinajstić information content (AvgIpc) is 2.55. The molecule has 0 radical (unpaired) electrons. The van der Waals surface area contributed by atoms with Gasteiger partial charge in [-0.05, 0) is 26.7 Å². The van der Waals surface area contributed by atoms with Crippen LogP contribution in [0, 0.1) is 0 Å². The molecule has 1 saturated heterocycles. The highest BCUT2D eigenvalue weighted by Crippen LogP contribution is 2.37. The highest BCUT2D eigenvalue weighted by Gasteiger charge is 2.51. The maximum Gasteiger partial charge on any atom is 0.302 e. The third kappa shape index (κ3) is 3.25. The third-order valence-corrected chi connectivity index (χ3v) is 3.40. The van der Waals surface area contributed by atoms with Gasteiger partial charge in [0.15, 0.2) is 5.79 Å². The van der Waals surface area contributed by atoms with Crippen LogP contribution < -0.4 is 5.32 Å². The van der Waals surface area contributed by atoms with Crippen LogP contribution in [0.3, 0.4) is 0 Å². The highest BCUT2D eigenvalue weighted by molar-refractivity contribution is 5.73. The molecule has 0 aromatic carbocycles. The largest absolute Gasteiger partial charge is 0.460 e. The summed E-state index contributed by atoms with van der Waals surface area (Å²) < 4.78 is 16.9. The Kier molecular flexibility index (Phi) is 3.82. The first-order chi connectivity index (χ1) is 8.78. The van der Waals surface area contributed by atoms with Gasteiger partial charge < -0.3 is 19.5 Å². The first kappa shape index (κ1) is 14.3. The van der Waals surface area contributed by atoms with E-state index in [1.54, 1.807) is 0 Å². The van der Waals surface area contributed by atoms with E-state index in [-0.39, 0.29) is 36.2 Å². The number of fused-ring (bicyclic) bond motifs is 1. The van der Waals surface area contributed by atoms with E-state index in [1.165, 1.54) is 13.8 Å². The van der Waals surface area contributed by atoms with E-state index in [2.05, 4.69) is 5.32 Å². The van der Waals surface area contributed by atoms with Crippen LogP contribution in [-0.4, -0.2) is 42.0 Å². The Morgan fingerprint density at radius 2 is 1.89 bits per heavy atom. The summed E-state index contributed by atoms with van der Waals surface area (Å²) in [7, 11) is 0. The molecular formula is C13H21NO5. The first-order valence-electron chi connectivity index (χ1n) is 6.58. The first-order valence-corrected chi connectivity index (χ1v) is 6.58. The fourth-order valence-electron chi connectivity index (χ4n) is 2.87. The zero-order valence-electron chi connectivity index (χ0n) is 11.8. The summed E-state index contributed by atoms with van der Waals surface area (Å²) in [5.41, 5.74) is 0. The minimum absolute atomic E-state index is 0.0707. The Bertz CT molecular complexity index is 381. The van der Waals surface area contributed by atoms with Crippen LogP contribution in [0.1, 0.15) is 40.5 Å². The van der Waals surface area contributed by atoms with Crippen LogP contribution in [-0.2, 0) is 23.8 Å². The number of hydrogen-bond donors (Lipinski definition) is 1. The molecule has 4 atom stereocenters. The predicted molar refractivity (Wildman–Crippen MR) is 66.2 cm³/mol. The van der Waals surface area contributed by atoms with E-state index < -0.39 is 5.79 Å². The summed E-state index contributed by atoms with van der Waals surface area (Å²) in [6.45, 7) is 6.50. The number of amides is 1. The molecule has 19 heavy (non-hydrogen) atoms. The van der Waals surface area contributed by atoms with Crippen molar-refractivity contribution in [2.24, 2.45) is 0 Å². The summed E-state index contributed by atoms with van der Waals surface area (Å²) in [6, 6.07) is -0.359. The molecule has 1 aliphatic heterocycles. The minimum atomic E-state index is -0.669. The van der Waals surface area contributed by atoms with Crippen molar-refractivity contribution in [2.45, 2.75) is 70.7 Å². The number of carbonyl (C=O) groups is 2. The number of hydrogen-bond acceptors (Lipinski definition) is 5. The van der Waals surface area contributed by atoms with Crippen molar-refractivity contribution in [2.75, 3.05) is 0 Å². The Balaban J connectivity index is 2.16. The van der Waals surface area contributed by atoms with Gasteiger partial charge in [0.25, 0.3) is 0 Å². The van der Waals surface area contributed by atoms with Crippen molar-refractivity contribution in [3.63, 3.8) is 0 Å². The van der Waals surface area contributed by atoms with Crippen LogP contribution in [0.25, 0.3) is 0 Å². The zero-order chi connectivity index (χ0) is 14.2. The Labute approximate surface area is 112 Å². The van der Waals surface area contributed by atoms with Crippen LogP contribution in [0.15, 0.2) is 0 Å². The standard InChI is InChI=1S/C13H21NO5/c1-7(15)14-11-9(17-8(2)16)5-6-10-12(11)19-13(3,4)18-10/h9-12H,5-6H2,1-4H3,(H,14,15)/t9-,10-,11+,12-/m1/s1. The van der Waals surface area contributed by atoms with Crippen molar-refractivity contribution in [1.29, 1.82) is 0 Å². The monoisotopic (exact) mass is 271 g/mol. The molecule has 0 aromatic heterocycles. The molecule has 108 valence electrons. The molecule has 0 unspecified atom stereocenters. The van der Waals surface area contributed by atoms with Gasteiger partial charge in [-0.15, -0.1) is 0 Å². The number of esters is 1. The van der Waals surface area contributed by atoms with Gasteiger partial charge in [-0.25, -0.2) is 0 Å². The Hall–Kier alpha value is -1.14. The molecule has 2 aliphatic rings. The summed E-state index contributed by atoms with van der Waals surface area (Å²) >= 11 is 0. The third-order valence-electron chi connectivity index (χ3n) is 3.40. The maximum atomic E-state index is 11.3. The lowest BCUT2D eigenvalue weighted by molar-refractivity contribution is -0.158. The van der Waals surface area contributed by atoms with Crippen molar-refractivity contribution in [3.05, 3.63) is 0 Å². The van der Waals surface area contributed by atoms with Crippen molar-refractivity contribution < 1.29 is 23.8 Å². The Morgan fingerprint density at radius 1 is 1.21 bits per heavy atom. The van der Waals surface area contributed by atoms with E-state index in [4.69, 9.17) is 14.2 Å². The number of carbonyl (C=O) groups excluding carboxylic acids is 2. The smallest absolute Gasteiger partial charge is 0.302 e. The van der Waals surface area contributed by atoms with Gasteiger partial charge in [-0.1, -0.05) is 0 Å². The predicted octanol–water partition coefficient (Wildman–Crippen LogP) is 0.737. The topological polar surface area (TPSA) is 73.9 Å². The summed E-state index contributed by atoms with van der Waals surface area (Å²) in [4.78, 5) is 22.5. The molecule has 2 rings (SSSR count). The second kappa shape index (κ2) is 5.09. The van der Waals surface area contributed by atoms with Crippen molar-refractivity contribution in [3.8, 4) is 0 Å². The van der Waals surface area contributed by atoms with Gasteiger partial charge >= 0.3 is 5.97 Å². The number of rotatable bonds is 2. The summed E-state index contributed by atoms with van der Waals surface area (Å²) in [5, 5.41) is 2.83. The lowest BCUT2D eigenvalue weighted by atomic mass is 9.87. The van der Waals surface area contributed by atoms with E-state index in [0.717, 1.165) is 6.42 Å².